The monoisotopic (exact) mass is 272 g/mol. The fourth-order valence-electron chi connectivity index (χ4n) is 1.36. The Balaban J connectivity index is 2.75. The van der Waals surface area contributed by atoms with Gasteiger partial charge in [0.15, 0.2) is 0 Å². The topological polar surface area (TPSA) is 69.2 Å². The second-order valence-electron chi connectivity index (χ2n) is 3.32. The van der Waals surface area contributed by atoms with E-state index < -0.39 is 0 Å². The third kappa shape index (κ3) is 3.97. The first-order valence-electron chi connectivity index (χ1n) is 4.77. The number of nitrogens with zero attached hydrogens (tertiary/aromatic N) is 1. The minimum absolute atomic E-state index is 0.132. The van der Waals surface area contributed by atoms with Crippen molar-refractivity contribution in [1.29, 1.82) is 0 Å². The molecule has 0 aliphatic rings. The molecule has 0 spiro atoms. The highest BCUT2D eigenvalue weighted by Crippen LogP contribution is 2.22. The Hall–Kier alpha value is -0.940. The Bertz CT molecular complexity index is 355. The molecule has 0 fully saturated rings. The van der Waals surface area contributed by atoms with E-state index in [0.717, 1.165) is 29.3 Å². The molecule has 0 saturated carbocycles. The number of nitro groups is 1. The summed E-state index contributed by atoms with van der Waals surface area (Å²) in [6, 6.07) is 5.03. The number of benzene rings is 1. The van der Waals surface area contributed by atoms with Crippen LogP contribution in [0.15, 0.2) is 22.7 Å². The van der Waals surface area contributed by atoms with E-state index in [9.17, 15) is 10.1 Å². The van der Waals surface area contributed by atoms with Crippen molar-refractivity contribution in [2.45, 2.75) is 19.3 Å². The number of non-ortho nitro benzene ring substituents is 1. The van der Waals surface area contributed by atoms with Gasteiger partial charge in [0.25, 0.3) is 5.69 Å². The average molecular weight is 273 g/mol. The smallest absolute Gasteiger partial charge is 0.270 e. The van der Waals surface area contributed by atoms with Gasteiger partial charge in [0.2, 0.25) is 0 Å². The zero-order valence-electron chi connectivity index (χ0n) is 8.28. The lowest BCUT2D eigenvalue weighted by molar-refractivity contribution is -0.385. The number of unbranched alkanes of at least 4 members (excludes halogenated alkanes) is 1. The molecule has 0 aliphatic carbocycles. The van der Waals surface area contributed by atoms with E-state index in [1.807, 2.05) is 6.07 Å². The van der Waals surface area contributed by atoms with Crippen molar-refractivity contribution in [3.8, 4) is 0 Å². The molecule has 0 atom stereocenters. The molecule has 82 valence electrons. The van der Waals surface area contributed by atoms with Crippen molar-refractivity contribution in [1.82, 2.24) is 0 Å². The maximum absolute atomic E-state index is 10.6. The van der Waals surface area contributed by atoms with Crippen molar-refractivity contribution in [3.05, 3.63) is 38.3 Å². The predicted molar refractivity (Wildman–Crippen MR) is 62.8 cm³/mol. The second-order valence-corrected chi connectivity index (χ2v) is 4.24. The van der Waals surface area contributed by atoms with E-state index >= 15 is 0 Å². The van der Waals surface area contributed by atoms with Gasteiger partial charge in [-0.25, -0.2) is 0 Å². The van der Waals surface area contributed by atoms with Gasteiger partial charge in [-0.15, -0.1) is 0 Å². The summed E-state index contributed by atoms with van der Waals surface area (Å²) in [5, 5.41) is 10.6. The van der Waals surface area contributed by atoms with Gasteiger partial charge in [-0.2, -0.15) is 0 Å². The Morgan fingerprint density at radius 3 is 2.67 bits per heavy atom. The molecular weight excluding hydrogens is 260 g/mol. The van der Waals surface area contributed by atoms with Gasteiger partial charge in [-0.1, -0.05) is 15.9 Å². The summed E-state index contributed by atoms with van der Waals surface area (Å²) in [5.74, 6) is 0. The maximum Gasteiger partial charge on any atom is 0.270 e. The summed E-state index contributed by atoms with van der Waals surface area (Å²) < 4.78 is 0.749. The molecule has 2 N–H and O–H groups in total. The summed E-state index contributed by atoms with van der Waals surface area (Å²) in [7, 11) is 0. The molecule has 0 unspecified atom stereocenters. The molecule has 0 heterocycles. The zero-order valence-corrected chi connectivity index (χ0v) is 9.87. The number of rotatable bonds is 5. The number of halogens is 1. The first kappa shape index (κ1) is 12.1. The van der Waals surface area contributed by atoms with Crippen LogP contribution in [0.1, 0.15) is 18.4 Å². The summed E-state index contributed by atoms with van der Waals surface area (Å²) in [4.78, 5) is 10.2. The fourth-order valence-corrected chi connectivity index (χ4v) is 1.89. The van der Waals surface area contributed by atoms with Crippen LogP contribution in [0.3, 0.4) is 0 Å². The van der Waals surface area contributed by atoms with E-state index in [2.05, 4.69) is 15.9 Å². The summed E-state index contributed by atoms with van der Waals surface area (Å²) in [5.41, 5.74) is 6.49. The molecule has 4 nitrogen and oxygen atoms in total. The zero-order chi connectivity index (χ0) is 11.3. The number of nitrogens with two attached hydrogens (primary N) is 1. The quantitative estimate of drug-likeness (QED) is 0.509. The average Bonchev–Trinajstić information content (AvgIpc) is 2.17. The normalized spacial score (nSPS) is 10.3. The molecular formula is C10H13BrN2O2. The van der Waals surface area contributed by atoms with Gasteiger partial charge in [0.05, 0.1) is 4.92 Å². The maximum atomic E-state index is 10.6. The molecule has 1 rings (SSSR count). The molecule has 15 heavy (non-hydrogen) atoms. The second kappa shape index (κ2) is 5.82. The minimum atomic E-state index is -0.378. The van der Waals surface area contributed by atoms with Crippen LogP contribution < -0.4 is 5.73 Å². The largest absolute Gasteiger partial charge is 0.330 e. The number of hydrogen-bond donors (Lipinski definition) is 1. The van der Waals surface area contributed by atoms with Gasteiger partial charge in [0, 0.05) is 16.6 Å². The number of hydrogen-bond acceptors (Lipinski definition) is 3. The van der Waals surface area contributed by atoms with Crippen LogP contribution in [0, 0.1) is 10.1 Å². The van der Waals surface area contributed by atoms with Crippen LogP contribution in [0.5, 0.6) is 0 Å². The van der Waals surface area contributed by atoms with E-state index in [1.165, 1.54) is 6.07 Å². The lowest BCUT2D eigenvalue weighted by Gasteiger charge is -2.01. The molecule has 0 bridgehead atoms. The number of nitro benzene ring substituents is 1. The summed E-state index contributed by atoms with van der Waals surface area (Å²) >= 11 is 3.26. The van der Waals surface area contributed by atoms with Crippen molar-refractivity contribution < 1.29 is 4.92 Å². The van der Waals surface area contributed by atoms with E-state index in [0.29, 0.717) is 6.54 Å². The van der Waals surface area contributed by atoms with Crippen molar-refractivity contribution in [3.63, 3.8) is 0 Å². The van der Waals surface area contributed by atoms with Gasteiger partial charge in [-0.3, -0.25) is 10.1 Å². The van der Waals surface area contributed by atoms with Gasteiger partial charge >= 0.3 is 0 Å². The predicted octanol–water partition coefficient (Wildman–Crippen LogP) is 2.64. The van der Waals surface area contributed by atoms with E-state index in [1.54, 1.807) is 6.07 Å². The third-order valence-corrected chi connectivity index (χ3v) is 2.53. The van der Waals surface area contributed by atoms with Crippen molar-refractivity contribution in [2.24, 2.45) is 5.73 Å². The van der Waals surface area contributed by atoms with Crippen LogP contribution in [-0.4, -0.2) is 11.5 Å². The lowest BCUT2D eigenvalue weighted by Crippen LogP contribution is -1.99. The highest BCUT2D eigenvalue weighted by atomic mass is 79.9. The highest BCUT2D eigenvalue weighted by molar-refractivity contribution is 9.10. The van der Waals surface area contributed by atoms with E-state index in [-0.39, 0.29) is 10.6 Å². The highest BCUT2D eigenvalue weighted by Gasteiger charge is 2.08. The molecule has 0 radical (unpaired) electrons. The molecule has 1 aromatic rings. The Labute approximate surface area is 96.8 Å². The molecule has 0 saturated heterocycles. The number of aryl methyl sites for hydroxylation is 1. The molecule has 5 heteroatoms. The minimum Gasteiger partial charge on any atom is -0.330 e. The van der Waals surface area contributed by atoms with Crippen molar-refractivity contribution in [2.75, 3.05) is 6.54 Å². The standard InChI is InChI=1S/C10H13BrN2O2/c11-9-5-8(3-1-2-4-12)6-10(7-9)13(14)15/h5-7H,1-4,12H2. The van der Waals surface area contributed by atoms with Gasteiger partial charge in [0.1, 0.15) is 0 Å². The SMILES string of the molecule is NCCCCc1cc(Br)cc([N+](=O)[O-])c1. The first-order chi connectivity index (χ1) is 7.13. The fraction of sp³-hybridized carbons (Fsp3) is 0.400. The Morgan fingerprint density at radius 2 is 2.07 bits per heavy atom. The molecule has 0 amide bonds. The third-order valence-electron chi connectivity index (χ3n) is 2.07. The Morgan fingerprint density at radius 1 is 1.33 bits per heavy atom. The van der Waals surface area contributed by atoms with Crippen LogP contribution >= 0.6 is 15.9 Å². The lowest BCUT2D eigenvalue weighted by atomic mass is 10.1. The van der Waals surface area contributed by atoms with Crippen LogP contribution in [0.25, 0.3) is 0 Å². The van der Waals surface area contributed by atoms with Crippen LogP contribution in [0.2, 0.25) is 0 Å². The van der Waals surface area contributed by atoms with Crippen LogP contribution in [0.4, 0.5) is 5.69 Å². The molecule has 0 aliphatic heterocycles. The summed E-state index contributed by atoms with van der Waals surface area (Å²) in [6.07, 6.45) is 2.74. The molecule has 1 aromatic carbocycles. The molecule has 0 aromatic heterocycles. The van der Waals surface area contributed by atoms with Gasteiger partial charge < -0.3 is 5.73 Å². The van der Waals surface area contributed by atoms with Gasteiger partial charge in [-0.05, 0) is 37.4 Å². The first-order valence-corrected chi connectivity index (χ1v) is 5.56. The van der Waals surface area contributed by atoms with Crippen LogP contribution in [-0.2, 0) is 6.42 Å². The van der Waals surface area contributed by atoms with Crippen molar-refractivity contribution >= 4 is 21.6 Å². The summed E-state index contributed by atoms with van der Waals surface area (Å²) in [6.45, 7) is 0.663. The Kier molecular flexibility index (Phi) is 4.71. The van der Waals surface area contributed by atoms with E-state index in [4.69, 9.17) is 5.73 Å².